The third-order valence-corrected chi connectivity index (χ3v) is 2.33. The molecule has 0 bridgehead atoms. The van der Waals surface area contributed by atoms with Crippen molar-refractivity contribution in [3.05, 3.63) is 30.0 Å². The molecule has 0 saturated carbocycles. The number of fused-ring (bicyclic) bond motifs is 1. The minimum Gasteiger partial charge on any atom is -0.481 e. The second-order valence-corrected chi connectivity index (χ2v) is 3.32. The number of methoxy groups -OCH3 is 1. The first-order valence-corrected chi connectivity index (χ1v) is 4.85. The van der Waals surface area contributed by atoms with Crippen LogP contribution in [0.4, 0.5) is 0 Å². The lowest BCUT2D eigenvalue weighted by Gasteiger charge is -2.10. The van der Waals surface area contributed by atoms with Gasteiger partial charge in [-0.05, 0) is 12.1 Å². The zero-order valence-electron chi connectivity index (χ0n) is 8.79. The minimum absolute atomic E-state index is 0.349. The zero-order valence-corrected chi connectivity index (χ0v) is 8.79. The van der Waals surface area contributed by atoms with E-state index in [4.69, 9.17) is 9.84 Å². The van der Waals surface area contributed by atoms with Crippen LogP contribution in [0.3, 0.4) is 0 Å². The number of ether oxygens (including phenoxy) is 1. The van der Waals surface area contributed by atoms with Crippen molar-refractivity contribution < 1.29 is 14.9 Å². The lowest BCUT2D eigenvalue weighted by molar-refractivity contribution is 0.0965. The van der Waals surface area contributed by atoms with E-state index in [0.717, 1.165) is 0 Å². The van der Waals surface area contributed by atoms with Gasteiger partial charge in [0.15, 0.2) is 0 Å². The van der Waals surface area contributed by atoms with Crippen LogP contribution >= 0.6 is 0 Å². The standard InChI is InChI=1S/C11H12N2O3/c1-16-10-3-2-8-11(13-10)7(4-5-12-8)9(15)6-14/h2-5,9,14-15H,6H2,1H3. The molecule has 0 radical (unpaired) electrons. The summed E-state index contributed by atoms with van der Waals surface area (Å²) in [6.07, 6.45) is 0.621. The Balaban J connectivity index is 2.64. The summed E-state index contributed by atoms with van der Waals surface area (Å²) in [6.45, 7) is -0.349. The molecule has 0 aliphatic carbocycles. The van der Waals surface area contributed by atoms with Crippen LogP contribution < -0.4 is 4.74 Å². The predicted octanol–water partition coefficient (Wildman–Crippen LogP) is 0.664. The van der Waals surface area contributed by atoms with Crippen LogP contribution in [0.15, 0.2) is 24.4 Å². The van der Waals surface area contributed by atoms with Crippen molar-refractivity contribution in [1.29, 1.82) is 0 Å². The van der Waals surface area contributed by atoms with Gasteiger partial charge in [0.25, 0.3) is 0 Å². The topological polar surface area (TPSA) is 75.5 Å². The molecule has 5 heteroatoms. The molecule has 0 fully saturated rings. The van der Waals surface area contributed by atoms with Crippen molar-refractivity contribution in [3.63, 3.8) is 0 Å². The Hall–Kier alpha value is -1.72. The predicted molar refractivity (Wildman–Crippen MR) is 58.1 cm³/mol. The Morgan fingerprint density at radius 1 is 1.38 bits per heavy atom. The molecule has 84 valence electrons. The van der Waals surface area contributed by atoms with Crippen molar-refractivity contribution in [1.82, 2.24) is 9.97 Å². The number of aliphatic hydroxyl groups excluding tert-OH is 2. The molecule has 1 atom stereocenters. The summed E-state index contributed by atoms with van der Waals surface area (Å²) in [5, 5.41) is 18.6. The Morgan fingerprint density at radius 2 is 2.19 bits per heavy atom. The normalized spacial score (nSPS) is 12.7. The number of rotatable bonds is 3. The molecule has 0 aromatic carbocycles. The number of aromatic nitrogens is 2. The highest BCUT2D eigenvalue weighted by Gasteiger charge is 2.12. The van der Waals surface area contributed by atoms with E-state index in [1.807, 2.05) is 0 Å². The van der Waals surface area contributed by atoms with E-state index < -0.39 is 6.10 Å². The average Bonchev–Trinajstić information content (AvgIpc) is 2.36. The third-order valence-electron chi connectivity index (χ3n) is 2.33. The average molecular weight is 220 g/mol. The van der Waals surface area contributed by atoms with Crippen molar-refractivity contribution in [3.8, 4) is 5.88 Å². The van der Waals surface area contributed by atoms with E-state index in [9.17, 15) is 5.11 Å². The highest BCUT2D eigenvalue weighted by molar-refractivity contribution is 5.78. The van der Waals surface area contributed by atoms with Crippen LogP contribution in [0, 0.1) is 0 Å². The fourth-order valence-electron chi connectivity index (χ4n) is 1.51. The summed E-state index contributed by atoms with van der Waals surface area (Å²) < 4.78 is 5.01. The van der Waals surface area contributed by atoms with E-state index in [1.54, 1.807) is 24.4 Å². The molecule has 2 aromatic heterocycles. The van der Waals surface area contributed by atoms with Gasteiger partial charge in [-0.2, -0.15) is 0 Å². The third kappa shape index (κ3) is 1.82. The Morgan fingerprint density at radius 3 is 2.88 bits per heavy atom. The molecular weight excluding hydrogens is 208 g/mol. The minimum atomic E-state index is -0.954. The summed E-state index contributed by atoms with van der Waals surface area (Å²) in [7, 11) is 1.52. The molecule has 2 aromatic rings. The van der Waals surface area contributed by atoms with Gasteiger partial charge < -0.3 is 14.9 Å². The molecule has 5 nitrogen and oxygen atoms in total. The molecule has 2 heterocycles. The van der Waals surface area contributed by atoms with Crippen LogP contribution in [-0.4, -0.2) is 33.9 Å². The SMILES string of the molecule is COc1ccc2nccc(C(O)CO)c2n1. The lowest BCUT2D eigenvalue weighted by atomic mass is 10.1. The van der Waals surface area contributed by atoms with Crippen molar-refractivity contribution in [2.45, 2.75) is 6.10 Å². The first-order valence-electron chi connectivity index (χ1n) is 4.85. The summed E-state index contributed by atoms with van der Waals surface area (Å²) in [5.74, 6) is 0.451. The summed E-state index contributed by atoms with van der Waals surface area (Å²) >= 11 is 0. The summed E-state index contributed by atoms with van der Waals surface area (Å²) in [4.78, 5) is 8.33. The van der Waals surface area contributed by atoms with Gasteiger partial charge >= 0.3 is 0 Å². The Bertz CT molecular complexity index is 502. The van der Waals surface area contributed by atoms with Gasteiger partial charge in [0.2, 0.25) is 5.88 Å². The number of hydrogen-bond donors (Lipinski definition) is 2. The number of aliphatic hydroxyl groups is 2. The maximum absolute atomic E-state index is 9.63. The number of nitrogens with zero attached hydrogens (tertiary/aromatic N) is 2. The Kier molecular flexibility index (Phi) is 2.98. The monoisotopic (exact) mass is 220 g/mol. The molecule has 1 unspecified atom stereocenters. The van der Waals surface area contributed by atoms with Crippen LogP contribution in [0.2, 0.25) is 0 Å². The number of hydrogen-bond acceptors (Lipinski definition) is 5. The zero-order chi connectivity index (χ0) is 11.5. The van der Waals surface area contributed by atoms with Gasteiger partial charge in [0.1, 0.15) is 6.10 Å². The fraction of sp³-hybridized carbons (Fsp3) is 0.273. The molecule has 0 saturated heterocycles. The van der Waals surface area contributed by atoms with Gasteiger partial charge in [0, 0.05) is 17.8 Å². The molecule has 0 aliphatic heterocycles. The Labute approximate surface area is 92.3 Å². The highest BCUT2D eigenvalue weighted by Crippen LogP contribution is 2.22. The molecule has 0 amide bonds. The summed E-state index contributed by atoms with van der Waals surface area (Å²) in [6, 6.07) is 5.09. The fourth-order valence-corrected chi connectivity index (χ4v) is 1.51. The van der Waals surface area contributed by atoms with Crippen LogP contribution in [0.1, 0.15) is 11.7 Å². The molecule has 2 rings (SSSR count). The molecule has 2 N–H and O–H groups in total. The van der Waals surface area contributed by atoms with E-state index in [1.165, 1.54) is 7.11 Å². The first-order chi connectivity index (χ1) is 7.76. The quantitative estimate of drug-likeness (QED) is 0.794. The van der Waals surface area contributed by atoms with E-state index in [2.05, 4.69) is 9.97 Å². The summed E-state index contributed by atoms with van der Waals surface area (Å²) in [5.41, 5.74) is 1.75. The van der Waals surface area contributed by atoms with Crippen molar-refractivity contribution >= 4 is 11.0 Å². The van der Waals surface area contributed by atoms with Gasteiger partial charge in [-0.3, -0.25) is 4.98 Å². The maximum Gasteiger partial charge on any atom is 0.213 e. The van der Waals surface area contributed by atoms with E-state index in [0.29, 0.717) is 22.5 Å². The second kappa shape index (κ2) is 4.42. The van der Waals surface area contributed by atoms with Crippen LogP contribution in [0.25, 0.3) is 11.0 Å². The van der Waals surface area contributed by atoms with Gasteiger partial charge in [0.05, 0.1) is 24.8 Å². The molecule has 0 spiro atoms. The van der Waals surface area contributed by atoms with Crippen molar-refractivity contribution in [2.24, 2.45) is 0 Å². The van der Waals surface area contributed by atoms with E-state index >= 15 is 0 Å². The van der Waals surface area contributed by atoms with Gasteiger partial charge in [-0.15, -0.1) is 0 Å². The van der Waals surface area contributed by atoms with E-state index in [-0.39, 0.29) is 6.61 Å². The highest BCUT2D eigenvalue weighted by atomic mass is 16.5. The molecular formula is C11H12N2O3. The number of pyridine rings is 2. The lowest BCUT2D eigenvalue weighted by Crippen LogP contribution is -2.04. The first kappa shape index (κ1) is 10.8. The largest absolute Gasteiger partial charge is 0.481 e. The molecule has 16 heavy (non-hydrogen) atoms. The second-order valence-electron chi connectivity index (χ2n) is 3.32. The maximum atomic E-state index is 9.63. The van der Waals surface area contributed by atoms with Gasteiger partial charge in [-0.1, -0.05) is 0 Å². The van der Waals surface area contributed by atoms with Crippen LogP contribution in [0.5, 0.6) is 5.88 Å². The van der Waals surface area contributed by atoms with Crippen molar-refractivity contribution in [2.75, 3.05) is 13.7 Å². The van der Waals surface area contributed by atoms with Gasteiger partial charge in [-0.25, -0.2) is 4.98 Å². The smallest absolute Gasteiger partial charge is 0.213 e. The van der Waals surface area contributed by atoms with Crippen LogP contribution in [-0.2, 0) is 0 Å². The molecule has 0 aliphatic rings.